The van der Waals surface area contributed by atoms with E-state index in [2.05, 4.69) is 9.97 Å². The molecule has 2 aromatic carbocycles. The standard InChI is InChI=1S/C20H13F6N3O3/c21-19(22,23)11-5-10(6-12(7-11)20(24,25)26)17(30)29-16(18(31)32)8-13-9-27-14-3-1-2-4-15(14)28-13/h1-7,9,16H,8H2,(H,29,30)(H,31,32)/t16-/m1/s1. The van der Waals surface area contributed by atoms with Gasteiger partial charge in [0.05, 0.1) is 27.9 Å². The number of hydrogen-bond acceptors (Lipinski definition) is 4. The molecule has 2 N–H and O–H groups in total. The number of fused-ring (bicyclic) bond motifs is 1. The SMILES string of the molecule is O=C(N[C@H](Cc1cnc2ccccc2n1)C(=O)O)c1cc(C(F)(F)F)cc(C(F)(F)F)c1. The Morgan fingerprint density at radius 1 is 0.938 bits per heavy atom. The van der Waals surface area contributed by atoms with E-state index in [0.29, 0.717) is 11.0 Å². The highest BCUT2D eigenvalue weighted by Crippen LogP contribution is 2.36. The van der Waals surface area contributed by atoms with Crippen molar-refractivity contribution in [2.45, 2.75) is 24.8 Å². The number of aliphatic carboxylic acids is 1. The lowest BCUT2D eigenvalue weighted by atomic mass is 10.0. The number of carbonyl (C=O) groups is 2. The van der Waals surface area contributed by atoms with E-state index in [-0.39, 0.29) is 23.9 Å². The van der Waals surface area contributed by atoms with Crippen molar-refractivity contribution in [2.24, 2.45) is 0 Å². The van der Waals surface area contributed by atoms with E-state index in [0.717, 1.165) is 0 Å². The molecule has 1 amide bonds. The zero-order valence-corrected chi connectivity index (χ0v) is 15.8. The molecular formula is C20H13F6N3O3. The van der Waals surface area contributed by atoms with Crippen molar-refractivity contribution < 1.29 is 41.0 Å². The summed E-state index contributed by atoms with van der Waals surface area (Å²) in [5.74, 6) is -2.97. The maximum atomic E-state index is 13.0. The minimum absolute atomic E-state index is 0.129. The molecular weight excluding hydrogens is 444 g/mol. The number of rotatable bonds is 5. The molecule has 3 rings (SSSR count). The van der Waals surface area contributed by atoms with Crippen molar-refractivity contribution in [1.82, 2.24) is 15.3 Å². The van der Waals surface area contributed by atoms with Crippen LogP contribution in [0.2, 0.25) is 0 Å². The van der Waals surface area contributed by atoms with Crippen molar-refractivity contribution in [1.29, 1.82) is 0 Å². The maximum absolute atomic E-state index is 13.0. The van der Waals surface area contributed by atoms with Crippen LogP contribution < -0.4 is 5.32 Å². The number of carboxylic acid groups (broad SMARTS) is 1. The molecule has 12 heteroatoms. The van der Waals surface area contributed by atoms with Crippen LogP contribution in [0.15, 0.2) is 48.7 Å². The van der Waals surface area contributed by atoms with Gasteiger partial charge in [-0.3, -0.25) is 9.78 Å². The Bertz CT molecular complexity index is 1140. The van der Waals surface area contributed by atoms with Crippen molar-refractivity contribution in [3.05, 3.63) is 71.0 Å². The molecule has 1 atom stereocenters. The van der Waals surface area contributed by atoms with Crippen LogP contribution in [0.5, 0.6) is 0 Å². The normalized spacial score (nSPS) is 13.1. The highest BCUT2D eigenvalue weighted by molar-refractivity contribution is 5.97. The van der Waals surface area contributed by atoms with Gasteiger partial charge in [0.15, 0.2) is 0 Å². The van der Waals surface area contributed by atoms with Crippen LogP contribution in [0.25, 0.3) is 11.0 Å². The summed E-state index contributed by atoms with van der Waals surface area (Å²) in [6.07, 6.45) is -9.44. The predicted molar refractivity (Wildman–Crippen MR) is 98.6 cm³/mol. The van der Waals surface area contributed by atoms with Crippen LogP contribution in [-0.4, -0.2) is 33.0 Å². The zero-order chi connectivity index (χ0) is 23.7. The molecule has 0 aliphatic rings. The average molecular weight is 457 g/mol. The number of nitrogens with one attached hydrogen (secondary N) is 1. The van der Waals surface area contributed by atoms with E-state index in [1.54, 1.807) is 24.3 Å². The Kier molecular flexibility index (Phi) is 6.06. The fourth-order valence-corrected chi connectivity index (χ4v) is 2.83. The Morgan fingerprint density at radius 2 is 1.50 bits per heavy atom. The van der Waals surface area contributed by atoms with Crippen molar-refractivity contribution in [2.75, 3.05) is 0 Å². The smallest absolute Gasteiger partial charge is 0.416 e. The van der Waals surface area contributed by atoms with E-state index < -0.39 is 53.4 Å². The highest BCUT2D eigenvalue weighted by Gasteiger charge is 2.37. The molecule has 0 saturated heterocycles. The molecule has 0 radical (unpaired) electrons. The fourth-order valence-electron chi connectivity index (χ4n) is 2.83. The molecule has 32 heavy (non-hydrogen) atoms. The van der Waals surface area contributed by atoms with Gasteiger partial charge in [-0.15, -0.1) is 0 Å². The molecule has 0 unspecified atom stereocenters. The first-order valence-corrected chi connectivity index (χ1v) is 8.88. The number of nitrogens with zero attached hydrogens (tertiary/aromatic N) is 2. The van der Waals surface area contributed by atoms with Crippen LogP contribution in [0, 0.1) is 0 Å². The summed E-state index contributed by atoms with van der Waals surface area (Å²) in [5, 5.41) is 11.3. The number of halogens is 6. The number of hydrogen-bond donors (Lipinski definition) is 2. The second kappa shape index (κ2) is 8.44. The molecule has 0 spiro atoms. The quantitative estimate of drug-likeness (QED) is 0.563. The van der Waals surface area contributed by atoms with Gasteiger partial charge in [0.1, 0.15) is 6.04 Å². The summed E-state index contributed by atoms with van der Waals surface area (Å²) in [7, 11) is 0. The minimum Gasteiger partial charge on any atom is -0.480 e. The molecule has 0 saturated carbocycles. The second-order valence-corrected chi connectivity index (χ2v) is 6.71. The van der Waals surface area contributed by atoms with Crippen LogP contribution in [0.4, 0.5) is 26.3 Å². The molecule has 0 aliphatic heterocycles. The highest BCUT2D eigenvalue weighted by atomic mass is 19.4. The molecule has 0 bridgehead atoms. The van der Waals surface area contributed by atoms with Gasteiger partial charge in [0, 0.05) is 18.2 Å². The summed E-state index contributed by atoms with van der Waals surface area (Å²) in [6, 6.07) is 5.29. The molecule has 168 valence electrons. The van der Waals surface area contributed by atoms with Gasteiger partial charge >= 0.3 is 18.3 Å². The van der Waals surface area contributed by atoms with Gasteiger partial charge in [0.2, 0.25) is 0 Å². The summed E-state index contributed by atoms with van der Waals surface area (Å²) >= 11 is 0. The molecule has 6 nitrogen and oxygen atoms in total. The van der Waals surface area contributed by atoms with Crippen LogP contribution in [-0.2, 0) is 23.6 Å². The van der Waals surface area contributed by atoms with Gasteiger partial charge in [0.25, 0.3) is 5.91 Å². The third kappa shape index (κ3) is 5.31. The van der Waals surface area contributed by atoms with Crippen molar-refractivity contribution in [3.8, 4) is 0 Å². The van der Waals surface area contributed by atoms with Crippen molar-refractivity contribution >= 4 is 22.9 Å². The Hall–Kier alpha value is -3.70. The van der Waals surface area contributed by atoms with E-state index in [1.807, 2.05) is 5.32 Å². The van der Waals surface area contributed by atoms with Crippen LogP contribution in [0.1, 0.15) is 27.2 Å². The molecule has 0 aliphatic carbocycles. The van der Waals surface area contributed by atoms with E-state index in [9.17, 15) is 41.0 Å². The van der Waals surface area contributed by atoms with E-state index >= 15 is 0 Å². The summed E-state index contributed by atoms with van der Waals surface area (Å²) < 4.78 is 78.0. The summed E-state index contributed by atoms with van der Waals surface area (Å²) in [6.45, 7) is 0. The van der Waals surface area contributed by atoms with Gasteiger partial charge in [-0.1, -0.05) is 12.1 Å². The lowest BCUT2D eigenvalue weighted by molar-refractivity contribution is -0.143. The first-order valence-electron chi connectivity index (χ1n) is 8.88. The molecule has 1 aromatic heterocycles. The number of carbonyl (C=O) groups excluding carboxylic acids is 1. The Balaban J connectivity index is 1.89. The second-order valence-electron chi connectivity index (χ2n) is 6.71. The van der Waals surface area contributed by atoms with Gasteiger partial charge in [-0.2, -0.15) is 26.3 Å². The number of para-hydroxylation sites is 2. The third-order valence-corrected chi connectivity index (χ3v) is 4.36. The molecule has 3 aromatic rings. The largest absolute Gasteiger partial charge is 0.480 e. The Labute approximate surface area is 175 Å². The third-order valence-electron chi connectivity index (χ3n) is 4.36. The van der Waals surface area contributed by atoms with Gasteiger partial charge in [-0.25, -0.2) is 9.78 Å². The van der Waals surface area contributed by atoms with E-state index in [1.165, 1.54) is 6.20 Å². The molecule has 1 heterocycles. The fraction of sp³-hybridized carbons (Fsp3) is 0.200. The topological polar surface area (TPSA) is 92.2 Å². The number of amides is 1. The maximum Gasteiger partial charge on any atom is 0.416 e. The Morgan fingerprint density at radius 3 is 2.03 bits per heavy atom. The lowest BCUT2D eigenvalue weighted by Crippen LogP contribution is -2.42. The lowest BCUT2D eigenvalue weighted by Gasteiger charge is -2.17. The van der Waals surface area contributed by atoms with Crippen LogP contribution >= 0.6 is 0 Å². The molecule has 0 fully saturated rings. The first kappa shape index (κ1) is 23.0. The number of carboxylic acids is 1. The number of benzene rings is 2. The van der Waals surface area contributed by atoms with Crippen molar-refractivity contribution in [3.63, 3.8) is 0 Å². The zero-order valence-electron chi connectivity index (χ0n) is 15.8. The first-order chi connectivity index (χ1) is 14.8. The minimum atomic E-state index is -5.15. The number of aromatic nitrogens is 2. The van der Waals surface area contributed by atoms with Crippen LogP contribution in [0.3, 0.4) is 0 Å². The summed E-state index contributed by atoms with van der Waals surface area (Å²) in [4.78, 5) is 32.2. The van der Waals surface area contributed by atoms with Gasteiger partial charge in [-0.05, 0) is 30.3 Å². The average Bonchev–Trinajstić information content (AvgIpc) is 2.71. The summed E-state index contributed by atoms with van der Waals surface area (Å²) in [5.41, 5.74) is -3.25. The van der Waals surface area contributed by atoms with E-state index in [4.69, 9.17) is 0 Å². The monoisotopic (exact) mass is 457 g/mol. The number of alkyl halides is 6. The predicted octanol–water partition coefficient (Wildman–Crippen LogP) is 4.09. The van der Waals surface area contributed by atoms with Gasteiger partial charge < -0.3 is 10.4 Å².